The quantitative estimate of drug-likeness (QED) is 0.630. The van der Waals surface area contributed by atoms with Gasteiger partial charge in [0, 0.05) is 19.0 Å². The molecule has 1 saturated heterocycles. The van der Waals surface area contributed by atoms with Crippen LogP contribution < -0.4 is 14.8 Å². The number of esters is 1. The lowest BCUT2D eigenvalue weighted by atomic mass is 9.59. The van der Waals surface area contributed by atoms with Gasteiger partial charge in [-0.1, -0.05) is 24.1 Å². The van der Waals surface area contributed by atoms with Crippen LogP contribution in [0.2, 0.25) is 0 Å². The Balaban J connectivity index is 1.25. The summed E-state index contributed by atoms with van der Waals surface area (Å²) < 4.78 is 16.7. The molecule has 4 aliphatic rings. The lowest BCUT2D eigenvalue weighted by molar-refractivity contribution is -0.145. The second kappa shape index (κ2) is 6.80. The highest BCUT2D eigenvalue weighted by molar-refractivity contribution is 5.76. The molecule has 1 saturated carbocycles. The van der Waals surface area contributed by atoms with Gasteiger partial charge in [-0.15, -0.1) is 0 Å². The number of hydrogen-bond acceptors (Lipinski definition) is 5. The molecule has 0 amide bonds. The van der Waals surface area contributed by atoms with E-state index in [0.29, 0.717) is 19.0 Å². The first kappa shape index (κ1) is 18.0. The predicted molar refractivity (Wildman–Crippen MR) is 105 cm³/mol. The summed E-state index contributed by atoms with van der Waals surface area (Å²) in [6.45, 7) is 6.32. The van der Waals surface area contributed by atoms with Gasteiger partial charge in [0.15, 0.2) is 11.5 Å². The molecule has 5 heteroatoms. The van der Waals surface area contributed by atoms with E-state index in [9.17, 15) is 4.79 Å². The van der Waals surface area contributed by atoms with Crippen molar-refractivity contribution in [1.29, 1.82) is 0 Å². The summed E-state index contributed by atoms with van der Waals surface area (Å²) in [6, 6.07) is 5.99. The zero-order valence-electron chi connectivity index (χ0n) is 16.8. The van der Waals surface area contributed by atoms with Crippen molar-refractivity contribution >= 4 is 5.97 Å². The molecule has 5 rings (SSSR count). The molecular weight excluding hydrogens is 354 g/mol. The molecule has 1 N–H and O–H groups in total. The second-order valence-corrected chi connectivity index (χ2v) is 9.15. The van der Waals surface area contributed by atoms with Gasteiger partial charge in [0.05, 0.1) is 5.92 Å². The minimum atomic E-state index is -0.0502. The van der Waals surface area contributed by atoms with Crippen LogP contribution in [0.3, 0.4) is 0 Å². The van der Waals surface area contributed by atoms with Crippen LogP contribution in [-0.4, -0.2) is 25.4 Å². The predicted octanol–water partition coefficient (Wildman–Crippen LogP) is 3.96. The molecule has 2 fully saturated rings. The summed E-state index contributed by atoms with van der Waals surface area (Å²) in [5.41, 5.74) is 4.53. The van der Waals surface area contributed by atoms with Crippen molar-refractivity contribution in [3.63, 3.8) is 0 Å². The fraction of sp³-hybridized carbons (Fsp3) is 0.609. The van der Waals surface area contributed by atoms with E-state index in [1.807, 2.05) is 18.2 Å². The van der Waals surface area contributed by atoms with Gasteiger partial charge in [-0.3, -0.25) is 4.79 Å². The minimum absolute atomic E-state index is 0.0197. The Morgan fingerprint density at radius 2 is 2.11 bits per heavy atom. The first-order valence-corrected chi connectivity index (χ1v) is 10.5. The van der Waals surface area contributed by atoms with Crippen LogP contribution in [0.1, 0.15) is 51.5 Å². The molecule has 0 bridgehead atoms. The molecule has 150 valence electrons. The molecule has 2 aliphatic carbocycles. The molecule has 0 radical (unpaired) electrons. The van der Waals surface area contributed by atoms with Gasteiger partial charge >= 0.3 is 5.97 Å². The maximum atomic E-state index is 12.6. The number of hydrogen-bond donors (Lipinski definition) is 1. The highest BCUT2D eigenvalue weighted by atomic mass is 16.7. The first-order chi connectivity index (χ1) is 13.5. The van der Waals surface area contributed by atoms with Crippen LogP contribution in [0.4, 0.5) is 0 Å². The number of fused-ring (bicyclic) bond motifs is 3. The molecule has 2 heterocycles. The van der Waals surface area contributed by atoms with Crippen LogP contribution in [0.15, 0.2) is 29.3 Å². The third-order valence-electron chi connectivity index (χ3n) is 7.31. The van der Waals surface area contributed by atoms with Crippen LogP contribution in [0, 0.1) is 17.3 Å². The Labute approximate surface area is 166 Å². The summed E-state index contributed by atoms with van der Waals surface area (Å²) in [7, 11) is 0. The van der Waals surface area contributed by atoms with Crippen molar-refractivity contribution in [3.05, 3.63) is 34.9 Å². The third kappa shape index (κ3) is 3.00. The van der Waals surface area contributed by atoms with E-state index in [0.717, 1.165) is 29.9 Å². The molecule has 0 spiro atoms. The van der Waals surface area contributed by atoms with E-state index in [2.05, 4.69) is 19.2 Å². The van der Waals surface area contributed by atoms with Crippen LogP contribution >= 0.6 is 0 Å². The molecule has 2 aliphatic heterocycles. The summed E-state index contributed by atoms with van der Waals surface area (Å²) in [5, 5.41) is 3.48. The monoisotopic (exact) mass is 383 g/mol. The first-order valence-electron chi connectivity index (χ1n) is 10.5. The Bertz CT molecular complexity index is 832. The van der Waals surface area contributed by atoms with Crippen molar-refractivity contribution in [3.8, 4) is 11.5 Å². The van der Waals surface area contributed by atoms with E-state index in [1.165, 1.54) is 19.3 Å². The highest BCUT2D eigenvalue weighted by Gasteiger charge is 2.52. The summed E-state index contributed by atoms with van der Waals surface area (Å²) >= 11 is 0. The number of carbonyl (C=O) groups is 1. The number of carbonyl (C=O) groups excluding carboxylic acids is 1. The maximum Gasteiger partial charge on any atom is 0.310 e. The van der Waals surface area contributed by atoms with E-state index in [-0.39, 0.29) is 30.2 Å². The fourth-order valence-corrected chi connectivity index (χ4v) is 5.77. The molecule has 1 aromatic carbocycles. The van der Waals surface area contributed by atoms with E-state index >= 15 is 0 Å². The average molecular weight is 383 g/mol. The van der Waals surface area contributed by atoms with Crippen molar-refractivity contribution < 1.29 is 19.0 Å². The van der Waals surface area contributed by atoms with Gasteiger partial charge in [0.2, 0.25) is 6.79 Å². The minimum Gasteiger partial charge on any atom is -0.462 e. The summed E-state index contributed by atoms with van der Waals surface area (Å²) in [5.74, 6) is 1.84. The molecule has 1 aromatic rings. The third-order valence-corrected chi connectivity index (χ3v) is 7.31. The van der Waals surface area contributed by atoms with E-state index in [1.54, 1.807) is 11.1 Å². The summed E-state index contributed by atoms with van der Waals surface area (Å²) in [6.07, 6.45) is 5.81. The van der Waals surface area contributed by atoms with Crippen LogP contribution in [-0.2, 0) is 16.1 Å². The van der Waals surface area contributed by atoms with Gasteiger partial charge in [0.25, 0.3) is 0 Å². The largest absolute Gasteiger partial charge is 0.462 e. The van der Waals surface area contributed by atoms with Gasteiger partial charge in [0.1, 0.15) is 6.10 Å². The van der Waals surface area contributed by atoms with Gasteiger partial charge in [-0.05, 0) is 62.1 Å². The topological polar surface area (TPSA) is 56.8 Å². The van der Waals surface area contributed by atoms with Gasteiger partial charge in [-0.25, -0.2) is 0 Å². The lowest BCUT2D eigenvalue weighted by Crippen LogP contribution is -2.40. The fourth-order valence-electron chi connectivity index (χ4n) is 5.77. The second-order valence-electron chi connectivity index (χ2n) is 9.15. The van der Waals surface area contributed by atoms with E-state index in [4.69, 9.17) is 14.2 Å². The molecule has 0 aromatic heterocycles. The number of nitrogens with one attached hydrogen (secondary N) is 1. The zero-order valence-corrected chi connectivity index (χ0v) is 16.8. The Kier molecular flexibility index (Phi) is 4.38. The smallest absolute Gasteiger partial charge is 0.310 e. The number of allylic oxidation sites excluding steroid dienone is 2. The highest BCUT2D eigenvalue weighted by Crippen LogP contribution is 2.54. The van der Waals surface area contributed by atoms with Gasteiger partial charge < -0.3 is 19.5 Å². The zero-order chi connectivity index (χ0) is 19.3. The molecule has 5 nitrogen and oxygen atoms in total. The molecular formula is C23H29NO4. The maximum absolute atomic E-state index is 12.6. The number of benzene rings is 1. The number of rotatable bonds is 4. The number of ether oxygens (including phenoxy) is 3. The van der Waals surface area contributed by atoms with Crippen molar-refractivity contribution in [2.24, 2.45) is 17.3 Å². The molecule has 0 unspecified atom stereocenters. The van der Waals surface area contributed by atoms with E-state index < -0.39 is 0 Å². The normalized spacial score (nSPS) is 33.5. The van der Waals surface area contributed by atoms with Crippen molar-refractivity contribution in [1.82, 2.24) is 5.32 Å². The SMILES string of the molecule is CC1=C2C[C@H]3[C@@H](C[C@@]2(C)CCC1)OC(=O)[C@@H]3CNCc1ccc2c(c1)OCO2. The van der Waals surface area contributed by atoms with Crippen LogP contribution in [0.5, 0.6) is 11.5 Å². The van der Waals surface area contributed by atoms with Gasteiger partial charge in [-0.2, -0.15) is 0 Å². The Hall–Kier alpha value is -2.01. The van der Waals surface area contributed by atoms with Crippen LogP contribution in [0.25, 0.3) is 0 Å². The average Bonchev–Trinajstić information content (AvgIpc) is 3.24. The molecule has 4 atom stereocenters. The molecule has 28 heavy (non-hydrogen) atoms. The lowest BCUT2D eigenvalue weighted by Gasteiger charge is -2.45. The van der Waals surface area contributed by atoms with Crippen molar-refractivity contribution in [2.45, 2.75) is 58.6 Å². The standard InChI is InChI=1S/C23H29NO4/c1-14-4-3-7-23(2)10-21-16(9-18(14)23)17(22(25)28-21)12-24-11-15-5-6-19-20(8-15)27-13-26-19/h5-6,8,16-17,21,24H,3-4,7,9-13H2,1-2H3/t16-,17-,21-,23-/m1/s1. The Morgan fingerprint density at radius 3 is 3.00 bits per heavy atom. The van der Waals surface area contributed by atoms with Crippen molar-refractivity contribution in [2.75, 3.05) is 13.3 Å². The Morgan fingerprint density at radius 1 is 1.25 bits per heavy atom. The summed E-state index contributed by atoms with van der Waals surface area (Å²) in [4.78, 5) is 12.6.